The first-order valence-electron chi connectivity index (χ1n) is 10.0. The molecule has 1 saturated heterocycles. The Labute approximate surface area is 180 Å². The van der Waals surface area contributed by atoms with Crippen LogP contribution in [0.1, 0.15) is 28.8 Å². The number of nitrogens with zero attached hydrogens (tertiary/aromatic N) is 4. The predicted molar refractivity (Wildman–Crippen MR) is 114 cm³/mol. The van der Waals surface area contributed by atoms with Crippen LogP contribution in [0.25, 0.3) is 0 Å². The molecule has 0 unspecified atom stereocenters. The van der Waals surface area contributed by atoms with Gasteiger partial charge in [0.2, 0.25) is 5.91 Å². The molecule has 10 nitrogen and oxygen atoms in total. The van der Waals surface area contributed by atoms with E-state index in [-0.39, 0.29) is 23.2 Å². The number of hydrogen-bond donors (Lipinski definition) is 2. The maximum Gasteiger partial charge on any atom is 0.259 e. The monoisotopic (exact) mass is 444 g/mol. The third kappa shape index (κ3) is 5.00. The molecule has 2 aromatic heterocycles. The highest BCUT2D eigenvalue weighted by Crippen LogP contribution is 2.30. The van der Waals surface area contributed by atoms with Crippen LogP contribution < -0.4 is 15.4 Å². The van der Waals surface area contributed by atoms with Crippen molar-refractivity contribution in [1.82, 2.24) is 14.9 Å². The zero-order chi connectivity index (χ0) is 22.2. The van der Waals surface area contributed by atoms with E-state index in [4.69, 9.17) is 5.14 Å². The van der Waals surface area contributed by atoms with E-state index >= 15 is 0 Å². The lowest BCUT2D eigenvalue weighted by molar-refractivity contribution is -0.131. The molecule has 2 aromatic rings. The van der Waals surface area contributed by atoms with Crippen LogP contribution in [0.4, 0.5) is 11.5 Å². The fourth-order valence-corrected chi connectivity index (χ4v) is 4.02. The minimum absolute atomic E-state index is 0.0267. The number of rotatable bonds is 6. The van der Waals surface area contributed by atoms with Crippen LogP contribution in [0.3, 0.4) is 0 Å². The predicted octanol–water partition coefficient (Wildman–Crippen LogP) is 0.743. The quantitative estimate of drug-likeness (QED) is 0.670. The number of hydrogen-bond acceptors (Lipinski definition) is 7. The third-order valence-electron chi connectivity index (χ3n) is 5.33. The summed E-state index contributed by atoms with van der Waals surface area (Å²) >= 11 is 0. The van der Waals surface area contributed by atoms with Gasteiger partial charge in [-0.15, -0.1) is 0 Å². The van der Waals surface area contributed by atoms with Gasteiger partial charge in [-0.25, -0.2) is 23.5 Å². The summed E-state index contributed by atoms with van der Waals surface area (Å²) in [6.07, 6.45) is 5.26. The molecular weight excluding hydrogens is 420 g/mol. The van der Waals surface area contributed by atoms with Crippen LogP contribution in [-0.2, 0) is 14.8 Å². The summed E-state index contributed by atoms with van der Waals surface area (Å²) in [6, 6.07) is 4.35. The maximum atomic E-state index is 13.0. The van der Waals surface area contributed by atoms with Crippen LogP contribution >= 0.6 is 0 Å². The lowest BCUT2D eigenvalue weighted by atomic mass is 10.1. The molecule has 11 heteroatoms. The second-order valence-electron chi connectivity index (χ2n) is 7.97. The highest BCUT2D eigenvalue weighted by molar-refractivity contribution is 7.89. The van der Waals surface area contributed by atoms with Crippen molar-refractivity contribution in [3.63, 3.8) is 0 Å². The van der Waals surface area contributed by atoms with Crippen molar-refractivity contribution >= 4 is 33.3 Å². The number of carbonyl (C=O) groups is 2. The minimum atomic E-state index is -4.00. The van der Waals surface area contributed by atoms with Gasteiger partial charge in [0.05, 0.1) is 12.1 Å². The zero-order valence-corrected chi connectivity index (χ0v) is 17.9. The van der Waals surface area contributed by atoms with Gasteiger partial charge in [0, 0.05) is 43.8 Å². The Hall–Kier alpha value is -3.05. The summed E-state index contributed by atoms with van der Waals surface area (Å²) in [5, 5.41) is 7.44. The van der Waals surface area contributed by atoms with E-state index in [1.165, 1.54) is 31.2 Å². The molecule has 0 radical (unpaired) electrons. The van der Waals surface area contributed by atoms with Gasteiger partial charge in [-0.05, 0) is 43.4 Å². The Balaban J connectivity index is 1.54. The molecule has 0 bridgehead atoms. The van der Waals surface area contributed by atoms with Crippen molar-refractivity contribution in [1.29, 1.82) is 0 Å². The Morgan fingerprint density at radius 2 is 2.03 bits per heavy atom. The number of pyridine rings is 2. The molecule has 2 aliphatic rings. The number of carbonyl (C=O) groups excluding carboxylic acids is 2. The van der Waals surface area contributed by atoms with Crippen LogP contribution in [0.15, 0.2) is 35.6 Å². The van der Waals surface area contributed by atoms with Crippen LogP contribution in [0.5, 0.6) is 0 Å². The second-order valence-corrected chi connectivity index (χ2v) is 9.48. The second kappa shape index (κ2) is 8.23. The largest absolute Gasteiger partial charge is 0.345 e. The van der Waals surface area contributed by atoms with E-state index in [1.54, 1.807) is 12.3 Å². The molecule has 2 amide bonds. The normalized spacial score (nSPS) is 17.0. The molecule has 1 aliphatic heterocycles. The summed E-state index contributed by atoms with van der Waals surface area (Å²) in [5.74, 6) is 0.601. The molecule has 0 spiro atoms. The Bertz CT molecular complexity index is 1130. The van der Waals surface area contributed by atoms with Gasteiger partial charge in [-0.2, -0.15) is 0 Å². The average Bonchev–Trinajstić information content (AvgIpc) is 3.53. The van der Waals surface area contributed by atoms with Crippen molar-refractivity contribution in [2.24, 2.45) is 11.1 Å². The van der Waals surface area contributed by atoms with Crippen LogP contribution in [0, 0.1) is 12.8 Å². The molecule has 1 aliphatic carbocycles. The van der Waals surface area contributed by atoms with Crippen molar-refractivity contribution in [2.75, 3.05) is 36.4 Å². The number of anilines is 2. The first-order chi connectivity index (χ1) is 14.7. The maximum absolute atomic E-state index is 13.0. The number of primary sulfonamides is 1. The molecule has 4 rings (SSSR count). The van der Waals surface area contributed by atoms with E-state index in [2.05, 4.69) is 15.3 Å². The zero-order valence-electron chi connectivity index (χ0n) is 17.1. The van der Waals surface area contributed by atoms with Crippen molar-refractivity contribution in [2.45, 2.75) is 24.8 Å². The fourth-order valence-electron chi connectivity index (χ4n) is 3.52. The molecule has 3 heterocycles. The highest BCUT2D eigenvalue weighted by atomic mass is 32.2. The SMILES string of the molecule is Cc1cnc(N2CCN(CC3CC3)C(=O)C2)c(C(=O)Nc2ccnc(S(N)(=O)=O)c2)c1. The number of nitrogens with one attached hydrogen (secondary N) is 1. The topological polar surface area (TPSA) is 139 Å². The fraction of sp³-hybridized carbons (Fsp3) is 0.400. The number of piperazine rings is 1. The molecule has 1 saturated carbocycles. The smallest absolute Gasteiger partial charge is 0.259 e. The molecule has 31 heavy (non-hydrogen) atoms. The average molecular weight is 445 g/mol. The first kappa shape index (κ1) is 21.2. The van der Waals surface area contributed by atoms with Gasteiger partial charge in [0.15, 0.2) is 5.03 Å². The lowest BCUT2D eigenvalue weighted by Gasteiger charge is -2.35. The van der Waals surface area contributed by atoms with E-state index in [1.807, 2.05) is 16.7 Å². The summed E-state index contributed by atoms with van der Waals surface area (Å²) < 4.78 is 23.0. The Kier molecular flexibility index (Phi) is 5.63. The molecule has 2 fully saturated rings. The van der Waals surface area contributed by atoms with Crippen molar-refractivity contribution in [3.05, 3.63) is 41.7 Å². The van der Waals surface area contributed by atoms with E-state index < -0.39 is 15.9 Å². The molecule has 0 aromatic carbocycles. The van der Waals surface area contributed by atoms with E-state index in [9.17, 15) is 18.0 Å². The summed E-state index contributed by atoms with van der Waals surface area (Å²) in [5.41, 5.74) is 1.33. The Morgan fingerprint density at radius 1 is 1.26 bits per heavy atom. The summed E-state index contributed by atoms with van der Waals surface area (Å²) in [7, 11) is -4.00. The number of nitrogens with two attached hydrogens (primary N) is 1. The first-order valence-corrected chi connectivity index (χ1v) is 11.5. The van der Waals surface area contributed by atoms with E-state index in [0.717, 1.165) is 12.1 Å². The van der Waals surface area contributed by atoms with Gasteiger partial charge in [-0.3, -0.25) is 9.59 Å². The van der Waals surface area contributed by atoms with Crippen LogP contribution in [-0.4, -0.2) is 61.3 Å². The van der Waals surface area contributed by atoms with Gasteiger partial charge >= 0.3 is 0 Å². The minimum Gasteiger partial charge on any atom is -0.345 e. The van der Waals surface area contributed by atoms with E-state index in [0.29, 0.717) is 30.4 Å². The van der Waals surface area contributed by atoms with Crippen molar-refractivity contribution < 1.29 is 18.0 Å². The van der Waals surface area contributed by atoms with Gasteiger partial charge in [0.1, 0.15) is 5.82 Å². The molecule has 0 atom stereocenters. The standard InChI is InChI=1S/C20H24N6O4S/c1-13-8-16(20(28)24-15-4-5-22-17(9-15)31(21,29)30)19(23-10-13)26-7-6-25(18(27)12-26)11-14-2-3-14/h4-5,8-10,14H,2-3,6-7,11-12H2,1H3,(H2,21,29,30)(H,22,24,28). The van der Waals surface area contributed by atoms with Crippen molar-refractivity contribution in [3.8, 4) is 0 Å². The Morgan fingerprint density at radius 3 is 2.71 bits per heavy atom. The third-order valence-corrected chi connectivity index (χ3v) is 6.13. The number of sulfonamides is 1. The van der Waals surface area contributed by atoms with Gasteiger partial charge in [0.25, 0.3) is 15.9 Å². The number of aryl methyl sites for hydroxylation is 1. The number of aromatic nitrogens is 2. The summed E-state index contributed by atoms with van der Waals surface area (Å²) in [4.78, 5) is 37.4. The van der Waals surface area contributed by atoms with Gasteiger partial charge in [-0.1, -0.05) is 0 Å². The highest BCUT2D eigenvalue weighted by Gasteiger charge is 2.32. The van der Waals surface area contributed by atoms with Crippen LogP contribution in [0.2, 0.25) is 0 Å². The lowest BCUT2D eigenvalue weighted by Crippen LogP contribution is -2.51. The van der Waals surface area contributed by atoms with Gasteiger partial charge < -0.3 is 15.1 Å². The number of amides is 2. The molecular formula is C20H24N6O4S. The summed E-state index contributed by atoms with van der Waals surface area (Å²) in [6.45, 7) is 3.95. The molecule has 3 N–H and O–H groups in total. The molecule has 164 valence electrons.